The number of aryl methyl sites for hydroxylation is 1. The zero-order chi connectivity index (χ0) is 19.1. The second-order valence-corrected chi connectivity index (χ2v) is 7.34. The molecule has 2 aromatic rings. The van der Waals surface area contributed by atoms with E-state index in [1.54, 1.807) is 0 Å². The molecule has 0 aliphatic carbocycles. The van der Waals surface area contributed by atoms with Gasteiger partial charge in [-0.15, -0.1) is 24.0 Å². The first-order valence-electron chi connectivity index (χ1n) is 9.86. The van der Waals surface area contributed by atoms with E-state index in [9.17, 15) is 0 Å². The predicted molar refractivity (Wildman–Crippen MR) is 129 cm³/mol. The number of hydrogen-bond acceptors (Lipinski definition) is 3. The van der Waals surface area contributed by atoms with Gasteiger partial charge in [0, 0.05) is 39.4 Å². The Hall–Kier alpha value is -1.83. The zero-order valence-corrected chi connectivity index (χ0v) is 19.4. The standard InChI is InChI=1S/C22H31N5.HI/c1-17-7-6-8-20(13-17)18(2)15-25-22(23-3)26-16-19-9-10-24-21(14-19)27-11-4-5-12-27;/h6-10,13-14,18H,4-5,11-12,15-16H2,1-3H3,(H2,23,25,26);1H. The number of hydrogen-bond donors (Lipinski definition) is 2. The summed E-state index contributed by atoms with van der Waals surface area (Å²) in [7, 11) is 1.81. The van der Waals surface area contributed by atoms with Gasteiger partial charge in [0.2, 0.25) is 0 Å². The van der Waals surface area contributed by atoms with Crippen molar-refractivity contribution in [1.29, 1.82) is 0 Å². The van der Waals surface area contributed by atoms with Gasteiger partial charge in [0.1, 0.15) is 5.82 Å². The van der Waals surface area contributed by atoms with Crippen molar-refractivity contribution < 1.29 is 0 Å². The van der Waals surface area contributed by atoms with Gasteiger partial charge in [-0.2, -0.15) is 0 Å². The largest absolute Gasteiger partial charge is 0.357 e. The fraction of sp³-hybridized carbons (Fsp3) is 0.455. The average Bonchev–Trinajstić information content (AvgIpc) is 3.23. The number of rotatable bonds is 6. The maximum absolute atomic E-state index is 4.52. The summed E-state index contributed by atoms with van der Waals surface area (Å²) in [4.78, 5) is 11.2. The fourth-order valence-corrected chi connectivity index (χ4v) is 3.44. The van der Waals surface area contributed by atoms with E-state index in [1.807, 2.05) is 13.2 Å². The lowest BCUT2D eigenvalue weighted by atomic mass is 9.99. The van der Waals surface area contributed by atoms with Gasteiger partial charge < -0.3 is 15.5 Å². The maximum Gasteiger partial charge on any atom is 0.191 e. The molecule has 1 atom stereocenters. The first-order chi connectivity index (χ1) is 13.2. The lowest BCUT2D eigenvalue weighted by Gasteiger charge is -2.18. The van der Waals surface area contributed by atoms with Crippen LogP contribution in [0.25, 0.3) is 0 Å². The molecule has 0 radical (unpaired) electrons. The van der Waals surface area contributed by atoms with E-state index in [2.05, 4.69) is 75.8 Å². The van der Waals surface area contributed by atoms with Crippen molar-refractivity contribution in [3.63, 3.8) is 0 Å². The Labute approximate surface area is 186 Å². The van der Waals surface area contributed by atoms with Crippen LogP contribution in [0.15, 0.2) is 47.6 Å². The molecule has 1 aliphatic rings. The Bertz CT molecular complexity index is 771. The number of pyridine rings is 1. The normalized spacial score (nSPS) is 15.1. The van der Waals surface area contributed by atoms with Gasteiger partial charge in [0.25, 0.3) is 0 Å². The Balaban J connectivity index is 0.00000280. The van der Waals surface area contributed by atoms with Crippen LogP contribution in [0.1, 0.15) is 42.4 Å². The fourth-order valence-electron chi connectivity index (χ4n) is 3.44. The van der Waals surface area contributed by atoms with Gasteiger partial charge in [-0.05, 0) is 48.9 Å². The van der Waals surface area contributed by atoms with Crippen LogP contribution in [0.3, 0.4) is 0 Å². The molecule has 0 amide bonds. The van der Waals surface area contributed by atoms with Crippen molar-refractivity contribution in [2.24, 2.45) is 4.99 Å². The van der Waals surface area contributed by atoms with Gasteiger partial charge in [-0.25, -0.2) is 4.98 Å². The summed E-state index contributed by atoms with van der Waals surface area (Å²) in [6.45, 7) is 8.18. The third-order valence-electron chi connectivity index (χ3n) is 5.11. The topological polar surface area (TPSA) is 52.6 Å². The van der Waals surface area contributed by atoms with Crippen molar-refractivity contribution >= 4 is 35.8 Å². The quantitative estimate of drug-likeness (QED) is 0.362. The minimum atomic E-state index is 0. The maximum atomic E-state index is 4.52. The third-order valence-corrected chi connectivity index (χ3v) is 5.11. The van der Waals surface area contributed by atoms with Crippen LogP contribution in [-0.2, 0) is 6.54 Å². The highest BCUT2D eigenvalue weighted by atomic mass is 127. The molecule has 1 aliphatic heterocycles. The van der Waals surface area contributed by atoms with Crippen molar-refractivity contribution in [3.8, 4) is 0 Å². The van der Waals surface area contributed by atoms with E-state index in [1.165, 1.54) is 29.5 Å². The van der Waals surface area contributed by atoms with Crippen LogP contribution in [-0.4, -0.2) is 37.6 Å². The molecule has 1 aromatic heterocycles. The van der Waals surface area contributed by atoms with E-state index < -0.39 is 0 Å². The van der Waals surface area contributed by atoms with Gasteiger partial charge in [0.15, 0.2) is 5.96 Å². The molecule has 3 rings (SSSR count). The van der Waals surface area contributed by atoms with Gasteiger partial charge in [-0.1, -0.05) is 36.8 Å². The van der Waals surface area contributed by atoms with E-state index in [4.69, 9.17) is 0 Å². The van der Waals surface area contributed by atoms with Gasteiger partial charge in [-0.3, -0.25) is 4.99 Å². The molecule has 6 heteroatoms. The van der Waals surface area contributed by atoms with Crippen LogP contribution in [0.2, 0.25) is 0 Å². The number of aromatic nitrogens is 1. The number of halogens is 1. The summed E-state index contributed by atoms with van der Waals surface area (Å²) < 4.78 is 0. The molecule has 2 N–H and O–H groups in total. The van der Waals surface area contributed by atoms with Gasteiger partial charge >= 0.3 is 0 Å². The lowest BCUT2D eigenvalue weighted by molar-refractivity contribution is 0.698. The zero-order valence-electron chi connectivity index (χ0n) is 17.1. The summed E-state index contributed by atoms with van der Waals surface area (Å²) in [5.74, 6) is 2.34. The molecule has 0 saturated carbocycles. The minimum absolute atomic E-state index is 0. The average molecular weight is 493 g/mol. The number of nitrogens with zero attached hydrogens (tertiary/aromatic N) is 3. The van der Waals surface area contributed by atoms with E-state index >= 15 is 0 Å². The number of anilines is 1. The first kappa shape index (κ1) is 22.5. The van der Waals surface area contributed by atoms with Crippen LogP contribution >= 0.6 is 24.0 Å². The van der Waals surface area contributed by atoms with Crippen molar-refractivity contribution in [1.82, 2.24) is 15.6 Å². The first-order valence-corrected chi connectivity index (χ1v) is 9.86. The molecule has 1 saturated heterocycles. The Kier molecular flexibility index (Phi) is 9.02. The summed E-state index contributed by atoms with van der Waals surface area (Å²) in [6, 6.07) is 12.9. The van der Waals surface area contributed by atoms with Crippen molar-refractivity contribution in [2.45, 2.75) is 39.2 Å². The number of benzene rings is 1. The van der Waals surface area contributed by atoms with Crippen LogP contribution in [0.5, 0.6) is 0 Å². The van der Waals surface area contributed by atoms with E-state index in [0.717, 1.165) is 38.0 Å². The molecular weight excluding hydrogens is 461 g/mol. The minimum Gasteiger partial charge on any atom is -0.357 e. The molecule has 0 bridgehead atoms. The van der Waals surface area contributed by atoms with Gasteiger partial charge in [0.05, 0.1) is 0 Å². The smallest absolute Gasteiger partial charge is 0.191 e. The number of guanidine groups is 1. The molecule has 1 fully saturated rings. The Morgan fingerprint density at radius 3 is 2.68 bits per heavy atom. The lowest BCUT2D eigenvalue weighted by Crippen LogP contribution is -2.38. The van der Waals surface area contributed by atoms with E-state index in [0.29, 0.717) is 5.92 Å². The molecule has 1 unspecified atom stereocenters. The monoisotopic (exact) mass is 493 g/mol. The van der Waals surface area contributed by atoms with Crippen LogP contribution in [0.4, 0.5) is 5.82 Å². The van der Waals surface area contributed by atoms with Crippen LogP contribution in [0, 0.1) is 6.92 Å². The molecular formula is C22H32IN5. The molecule has 152 valence electrons. The SMILES string of the molecule is CN=C(NCc1ccnc(N2CCCC2)c1)NCC(C)c1cccc(C)c1.I. The molecule has 5 nitrogen and oxygen atoms in total. The highest BCUT2D eigenvalue weighted by Gasteiger charge is 2.13. The van der Waals surface area contributed by atoms with Crippen molar-refractivity contribution in [2.75, 3.05) is 31.6 Å². The third kappa shape index (κ3) is 6.36. The Morgan fingerprint density at radius 2 is 1.96 bits per heavy atom. The molecule has 0 spiro atoms. The molecule has 1 aromatic carbocycles. The summed E-state index contributed by atoms with van der Waals surface area (Å²) in [5.41, 5.74) is 3.87. The second kappa shape index (κ2) is 11.2. The summed E-state index contributed by atoms with van der Waals surface area (Å²) in [5, 5.41) is 6.85. The summed E-state index contributed by atoms with van der Waals surface area (Å²) >= 11 is 0. The number of nitrogens with one attached hydrogen (secondary N) is 2. The van der Waals surface area contributed by atoms with Crippen LogP contribution < -0.4 is 15.5 Å². The second-order valence-electron chi connectivity index (χ2n) is 7.34. The molecule has 28 heavy (non-hydrogen) atoms. The highest BCUT2D eigenvalue weighted by Crippen LogP contribution is 2.18. The molecule has 2 heterocycles. The highest BCUT2D eigenvalue weighted by molar-refractivity contribution is 14.0. The summed E-state index contributed by atoms with van der Waals surface area (Å²) in [6.07, 6.45) is 4.43. The predicted octanol–water partition coefficient (Wildman–Crippen LogP) is 4.08. The Morgan fingerprint density at radius 1 is 1.18 bits per heavy atom. The number of aliphatic imine (C=N–C) groups is 1. The van der Waals surface area contributed by atoms with E-state index in [-0.39, 0.29) is 24.0 Å². The van der Waals surface area contributed by atoms with Crippen molar-refractivity contribution in [3.05, 3.63) is 59.3 Å².